The van der Waals surface area contributed by atoms with Gasteiger partial charge in [0.2, 0.25) is 11.8 Å². The third-order valence-electron chi connectivity index (χ3n) is 10.1. The van der Waals surface area contributed by atoms with Gasteiger partial charge in [-0.15, -0.1) is 0 Å². The van der Waals surface area contributed by atoms with Crippen LogP contribution in [0.1, 0.15) is 128 Å². The Morgan fingerprint density at radius 3 is 1.77 bits per heavy atom. The lowest BCUT2D eigenvalue weighted by Crippen LogP contribution is -2.49. The number of phenolic OH excluding ortho intramolecular Hbond substituents is 1. The van der Waals surface area contributed by atoms with E-state index in [-0.39, 0.29) is 74.8 Å². The number of aromatic hydroxyl groups is 1. The molecule has 1 aliphatic rings. The van der Waals surface area contributed by atoms with Crippen LogP contribution in [0.4, 0.5) is 0 Å². The highest BCUT2D eigenvalue weighted by atomic mass is 33.1. The average molecular weight is 837 g/mol. The molecule has 57 heavy (non-hydrogen) atoms. The van der Waals surface area contributed by atoms with Crippen molar-refractivity contribution in [3.8, 4) is 5.75 Å². The van der Waals surface area contributed by atoms with Crippen LogP contribution in [0.25, 0.3) is 0 Å². The molecule has 8 N–H and O–H groups in total. The molecule has 0 spiro atoms. The molecular formula is C41H64N4O10S2. The van der Waals surface area contributed by atoms with Crippen molar-refractivity contribution in [2.45, 2.75) is 147 Å². The number of carbonyl (C=O) groups excluding carboxylic acids is 5. The second-order valence-electron chi connectivity index (χ2n) is 14.9. The molecule has 0 bridgehead atoms. The molecule has 0 unspecified atom stereocenters. The van der Waals surface area contributed by atoms with Crippen LogP contribution in [-0.4, -0.2) is 99.1 Å². The molecule has 0 aliphatic carbocycles. The average Bonchev–Trinajstić information content (AvgIpc) is 3.16. The number of Topliss-reactive ketones (excluding diaryl/α,β-unsaturated/α-hetero) is 3. The predicted molar refractivity (Wildman–Crippen MR) is 223 cm³/mol. The number of carboxylic acid groups (broad SMARTS) is 2. The Kier molecular flexibility index (Phi) is 25.9. The summed E-state index contributed by atoms with van der Waals surface area (Å²) in [6.45, 7) is -0.419. The van der Waals surface area contributed by atoms with Crippen LogP contribution in [0.3, 0.4) is 0 Å². The SMILES string of the molecule is NC(=O)[C@H](Cc1ccc(O)cc1)NCC(=O)[C@@H]1CSSC[C@H](NCC(=O)[C@H](CCC(=O)O)NC(=O)CCCCCCCCCCCCCCCCC(=O)O)C(=O)C1. The highest BCUT2D eigenvalue weighted by molar-refractivity contribution is 8.76. The Bertz CT molecular complexity index is 1410. The van der Waals surface area contributed by atoms with E-state index in [0.717, 1.165) is 56.9 Å². The van der Waals surface area contributed by atoms with E-state index < -0.39 is 47.7 Å². The zero-order valence-electron chi connectivity index (χ0n) is 33.2. The van der Waals surface area contributed by atoms with Gasteiger partial charge in [0.15, 0.2) is 17.3 Å². The predicted octanol–water partition coefficient (Wildman–Crippen LogP) is 5.12. The fourth-order valence-electron chi connectivity index (χ4n) is 6.55. The second-order valence-corrected chi connectivity index (χ2v) is 17.5. The van der Waals surface area contributed by atoms with E-state index in [1.807, 2.05) is 0 Å². The summed E-state index contributed by atoms with van der Waals surface area (Å²) < 4.78 is 0. The maximum atomic E-state index is 13.3. The minimum Gasteiger partial charge on any atom is -0.508 e. The molecule has 1 aromatic carbocycles. The molecule has 14 nitrogen and oxygen atoms in total. The first kappa shape index (κ1) is 49.7. The monoisotopic (exact) mass is 836 g/mol. The number of amides is 2. The van der Waals surface area contributed by atoms with E-state index in [1.54, 1.807) is 12.1 Å². The van der Waals surface area contributed by atoms with Crippen LogP contribution >= 0.6 is 21.6 Å². The fourth-order valence-corrected chi connectivity index (χ4v) is 9.13. The van der Waals surface area contributed by atoms with Crippen molar-refractivity contribution in [3.05, 3.63) is 29.8 Å². The van der Waals surface area contributed by atoms with Crippen LogP contribution in [0, 0.1) is 5.92 Å². The van der Waals surface area contributed by atoms with Gasteiger partial charge in [0.1, 0.15) is 5.75 Å². The fraction of sp³-hybridized carbons (Fsp3) is 0.683. The topological polar surface area (TPSA) is 242 Å². The number of rotatable bonds is 32. The molecule has 0 aromatic heterocycles. The summed E-state index contributed by atoms with van der Waals surface area (Å²) >= 11 is 0. The van der Waals surface area contributed by atoms with Gasteiger partial charge in [-0.25, -0.2) is 0 Å². The van der Waals surface area contributed by atoms with Gasteiger partial charge in [-0.3, -0.25) is 44.2 Å². The number of phenols is 1. The molecular weight excluding hydrogens is 773 g/mol. The van der Waals surface area contributed by atoms with Crippen molar-refractivity contribution in [2.24, 2.45) is 11.7 Å². The van der Waals surface area contributed by atoms with E-state index >= 15 is 0 Å². The standard InChI is InChI=1S/C41H64N4O10S2/c42-41(55)33(23-29-17-19-31(46)20-18-29)43-25-36(48)30-24-35(47)34(28-57-56-27-30)44-26-37(49)32(21-22-40(53)54)45-38(50)15-13-11-9-7-5-3-1-2-4-6-8-10-12-14-16-39(51)52/h17-20,30,32-34,43-44,46H,1-16,21-28H2,(H2,42,55)(H,45,50)(H,51,52)(H,53,54)/t30-,32-,33-,34-/m0/s1. The number of nitrogens with one attached hydrogen (secondary N) is 3. The van der Waals surface area contributed by atoms with Crippen molar-refractivity contribution < 1.29 is 48.9 Å². The summed E-state index contributed by atoms with van der Waals surface area (Å²) in [6.07, 6.45) is 15.1. The van der Waals surface area contributed by atoms with Crippen molar-refractivity contribution in [1.29, 1.82) is 0 Å². The number of nitrogens with two attached hydrogens (primary N) is 1. The zero-order chi connectivity index (χ0) is 41.8. The van der Waals surface area contributed by atoms with Crippen LogP contribution in [-0.2, 0) is 40.0 Å². The lowest BCUT2D eigenvalue weighted by molar-refractivity contribution is -0.138. The van der Waals surface area contributed by atoms with Crippen molar-refractivity contribution in [2.75, 3.05) is 24.6 Å². The van der Waals surface area contributed by atoms with E-state index in [1.165, 1.54) is 65.8 Å². The van der Waals surface area contributed by atoms with Crippen molar-refractivity contribution in [1.82, 2.24) is 16.0 Å². The van der Waals surface area contributed by atoms with Crippen LogP contribution in [0.5, 0.6) is 5.75 Å². The van der Waals surface area contributed by atoms with Gasteiger partial charge in [0, 0.05) is 43.1 Å². The molecule has 1 fully saturated rings. The number of carboxylic acids is 2. The molecule has 1 heterocycles. The number of benzene rings is 1. The Hall–Kier alpha value is -3.47. The van der Waals surface area contributed by atoms with Crippen LogP contribution in [0.15, 0.2) is 24.3 Å². The molecule has 1 aromatic rings. The van der Waals surface area contributed by atoms with Crippen LogP contribution in [0.2, 0.25) is 0 Å². The van der Waals surface area contributed by atoms with Gasteiger partial charge < -0.3 is 26.4 Å². The summed E-state index contributed by atoms with van der Waals surface area (Å²) in [5.74, 6) is -3.45. The normalized spacial score (nSPS) is 16.9. The number of carbonyl (C=O) groups is 7. The third-order valence-corrected chi connectivity index (χ3v) is 12.6. The van der Waals surface area contributed by atoms with Gasteiger partial charge in [-0.2, -0.15) is 0 Å². The van der Waals surface area contributed by atoms with Crippen LogP contribution < -0.4 is 21.7 Å². The number of ketones is 3. The molecule has 1 saturated heterocycles. The first-order valence-corrected chi connectivity index (χ1v) is 22.9. The molecule has 320 valence electrons. The molecule has 0 saturated carbocycles. The highest BCUT2D eigenvalue weighted by Crippen LogP contribution is 2.30. The van der Waals surface area contributed by atoms with Crippen molar-refractivity contribution >= 4 is 62.7 Å². The first-order valence-electron chi connectivity index (χ1n) is 20.4. The Balaban J connectivity index is 1.70. The molecule has 0 radical (unpaired) electrons. The van der Waals surface area contributed by atoms with Gasteiger partial charge in [0.25, 0.3) is 0 Å². The number of hydrogen-bond acceptors (Lipinski definition) is 12. The number of aliphatic carboxylic acids is 2. The second kappa shape index (κ2) is 29.7. The quantitative estimate of drug-likeness (QED) is 0.0368. The maximum absolute atomic E-state index is 13.3. The Morgan fingerprint density at radius 2 is 1.23 bits per heavy atom. The van der Waals surface area contributed by atoms with E-state index in [0.29, 0.717) is 17.9 Å². The van der Waals surface area contributed by atoms with Gasteiger partial charge >= 0.3 is 11.9 Å². The Morgan fingerprint density at radius 1 is 0.702 bits per heavy atom. The number of primary amides is 1. The number of hydrogen-bond donors (Lipinski definition) is 7. The van der Waals surface area contributed by atoms with E-state index in [4.69, 9.17) is 10.8 Å². The minimum atomic E-state index is -1.09. The summed E-state index contributed by atoms with van der Waals surface area (Å²) in [6, 6.07) is 3.73. The van der Waals surface area contributed by atoms with Gasteiger partial charge in [0.05, 0.1) is 31.2 Å². The number of unbranched alkanes of at least 4 members (excludes halogenated alkanes) is 13. The minimum absolute atomic E-state index is 0.0573. The van der Waals surface area contributed by atoms with E-state index in [2.05, 4.69) is 16.0 Å². The zero-order valence-corrected chi connectivity index (χ0v) is 34.8. The molecule has 2 amide bonds. The van der Waals surface area contributed by atoms with Gasteiger partial charge in [-0.1, -0.05) is 111 Å². The largest absolute Gasteiger partial charge is 0.508 e. The molecule has 16 heteroatoms. The first-order chi connectivity index (χ1) is 27.3. The summed E-state index contributed by atoms with van der Waals surface area (Å²) in [5.41, 5.74) is 6.30. The smallest absolute Gasteiger partial charge is 0.303 e. The molecule has 4 atom stereocenters. The highest BCUT2D eigenvalue weighted by Gasteiger charge is 2.31. The summed E-state index contributed by atoms with van der Waals surface area (Å²) in [7, 11) is 2.84. The van der Waals surface area contributed by atoms with Gasteiger partial charge in [-0.05, 0) is 43.4 Å². The third kappa shape index (κ3) is 23.5. The Labute approximate surface area is 344 Å². The lowest BCUT2D eigenvalue weighted by Gasteiger charge is -2.25. The molecule has 2 rings (SSSR count). The maximum Gasteiger partial charge on any atom is 0.303 e. The lowest BCUT2D eigenvalue weighted by atomic mass is 9.95. The summed E-state index contributed by atoms with van der Waals surface area (Å²) in [5, 5.41) is 36.0. The van der Waals surface area contributed by atoms with Crippen molar-refractivity contribution in [3.63, 3.8) is 0 Å². The molecule has 1 aliphatic heterocycles. The van der Waals surface area contributed by atoms with E-state index in [9.17, 15) is 43.8 Å². The summed E-state index contributed by atoms with van der Waals surface area (Å²) in [4.78, 5) is 86.3.